The summed E-state index contributed by atoms with van der Waals surface area (Å²) in [5.74, 6) is -1.05. The summed E-state index contributed by atoms with van der Waals surface area (Å²) < 4.78 is 10.5. The van der Waals surface area contributed by atoms with Crippen LogP contribution in [0.1, 0.15) is 12.8 Å². The van der Waals surface area contributed by atoms with Gasteiger partial charge in [-0.25, -0.2) is 0 Å². The highest BCUT2D eigenvalue weighted by Crippen LogP contribution is 2.27. The van der Waals surface area contributed by atoms with E-state index in [4.69, 9.17) is 21.1 Å². The first-order valence-corrected chi connectivity index (χ1v) is 7.02. The van der Waals surface area contributed by atoms with E-state index in [1.54, 1.807) is 12.1 Å². The van der Waals surface area contributed by atoms with Crippen LogP contribution in [-0.4, -0.2) is 38.2 Å². The molecule has 7 heteroatoms. The summed E-state index contributed by atoms with van der Waals surface area (Å²) in [6, 6.07) is 4.77. The van der Waals surface area contributed by atoms with E-state index >= 15 is 0 Å². The lowest BCUT2D eigenvalue weighted by Crippen LogP contribution is -2.39. The van der Waals surface area contributed by atoms with Crippen LogP contribution in [-0.2, 0) is 14.3 Å². The number of hydrogen-bond acceptors (Lipinski definition) is 4. The minimum absolute atomic E-state index is 0.0116. The number of carbonyl (C=O) groups excluding carboxylic acids is 2. The molecule has 0 saturated carbocycles. The summed E-state index contributed by atoms with van der Waals surface area (Å²) in [5, 5.41) is 5.46. The van der Waals surface area contributed by atoms with Gasteiger partial charge in [0.1, 0.15) is 5.75 Å². The topological polar surface area (TPSA) is 76.7 Å². The minimum atomic E-state index is -0.770. The standard InChI is InChI=1S/C14H17ClN2O4/c1-20-12-5-4-9(15)7-11(12)17-14(19)13(18)16-8-10-3-2-6-21-10/h4-5,7,10H,2-3,6,8H2,1H3,(H,16,18)(H,17,19)/t10-/m1/s1. The van der Waals surface area contributed by atoms with Gasteiger partial charge in [0.05, 0.1) is 18.9 Å². The van der Waals surface area contributed by atoms with Crippen LogP contribution in [0.5, 0.6) is 5.75 Å². The Kier molecular flexibility index (Phi) is 5.41. The Morgan fingerprint density at radius 1 is 1.43 bits per heavy atom. The first-order valence-electron chi connectivity index (χ1n) is 6.64. The van der Waals surface area contributed by atoms with Gasteiger partial charge in [-0.15, -0.1) is 0 Å². The number of carbonyl (C=O) groups is 2. The Bertz CT molecular complexity index is 530. The van der Waals surface area contributed by atoms with E-state index in [9.17, 15) is 9.59 Å². The van der Waals surface area contributed by atoms with Gasteiger partial charge < -0.3 is 20.1 Å². The zero-order valence-electron chi connectivity index (χ0n) is 11.6. The van der Waals surface area contributed by atoms with Gasteiger partial charge in [0.25, 0.3) is 0 Å². The molecule has 1 atom stereocenters. The minimum Gasteiger partial charge on any atom is -0.495 e. The van der Waals surface area contributed by atoms with E-state index in [0.29, 0.717) is 29.6 Å². The Labute approximate surface area is 127 Å². The van der Waals surface area contributed by atoms with Crippen molar-refractivity contribution >= 4 is 29.1 Å². The molecular formula is C14H17ClN2O4. The number of halogens is 1. The second kappa shape index (κ2) is 7.28. The number of rotatable bonds is 4. The molecule has 0 aliphatic carbocycles. The van der Waals surface area contributed by atoms with Crippen LogP contribution in [0.15, 0.2) is 18.2 Å². The van der Waals surface area contributed by atoms with Crippen LogP contribution in [0, 0.1) is 0 Å². The Morgan fingerprint density at radius 2 is 2.24 bits per heavy atom. The van der Waals surface area contributed by atoms with Crippen molar-refractivity contribution in [1.29, 1.82) is 0 Å². The molecule has 21 heavy (non-hydrogen) atoms. The fraction of sp³-hybridized carbons (Fsp3) is 0.429. The summed E-state index contributed by atoms with van der Waals surface area (Å²) in [7, 11) is 1.47. The van der Waals surface area contributed by atoms with Crippen molar-refractivity contribution in [1.82, 2.24) is 5.32 Å². The molecule has 1 saturated heterocycles. The molecule has 1 aromatic rings. The number of methoxy groups -OCH3 is 1. The number of amides is 2. The van der Waals surface area contributed by atoms with Gasteiger partial charge >= 0.3 is 11.8 Å². The highest BCUT2D eigenvalue weighted by molar-refractivity contribution is 6.40. The van der Waals surface area contributed by atoms with Crippen molar-refractivity contribution in [2.45, 2.75) is 18.9 Å². The second-order valence-corrected chi connectivity index (χ2v) is 5.08. The smallest absolute Gasteiger partial charge is 0.313 e. The maximum Gasteiger partial charge on any atom is 0.313 e. The van der Waals surface area contributed by atoms with Gasteiger partial charge in [-0.1, -0.05) is 11.6 Å². The predicted molar refractivity (Wildman–Crippen MR) is 78.6 cm³/mol. The third kappa shape index (κ3) is 4.34. The normalized spacial score (nSPS) is 17.3. The highest BCUT2D eigenvalue weighted by atomic mass is 35.5. The largest absolute Gasteiger partial charge is 0.495 e. The number of anilines is 1. The molecule has 0 radical (unpaired) electrons. The molecule has 0 spiro atoms. The van der Waals surface area contributed by atoms with Crippen LogP contribution in [0.3, 0.4) is 0 Å². The summed E-state index contributed by atoms with van der Waals surface area (Å²) in [5.41, 5.74) is 0.349. The predicted octanol–water partition coefficient (Wildman–Crippen LogP) is 1.58. The van der Waals surface area contributed by atoms with Crippen LogP contribution >= 0.6 is 11.6 Å². The number of ether oxygens (including phenoxy) is 2. The number of hydrogen-bond donors (Lipinski definition) is 2. The van der Waals surface area contributed by atoms with Gasteiger partial charge in [0, 0.05) is 18.2 Å². The third-order valence-electron chi connectivity index (χ3n) is 3.13. The van der Waals surface area contributed by atoms with E-state index in [1.165, 1.54) is 13.2 Å². The first kappa shape index (κ1) is 15.6. The fourth-order valence-corrected chi connectivity index (χ4v) is 2.22. The maximum absolute atomic E-state index is 11.8. The molecule has 0 bridgehead atoms. The quantitative estimate of drug-likeness (QED) is 0.828. The van der Waals surface area contributed by atoms with E-state index in [-0.39, 0.29) is 6.10 Å². The summed E-state index contributed by atoms with van der Waals surface area (Å²) in [6.07, 6.45) is 1.86. The lowest BCUT2D eigenvalue weighted by Gasteiger charge is -2.12. The number of benzene rings is 1. The van der Waals surface area contributed by atoms with E-state index in [1.807, 2.05) is 0 Å². The van der Waals surface area contributed by atoms with E-state index in [2.05, 4.69) is 10.6 Å². The Hall–Kier alpha value is -1.79. The molecule has 2 rings (SSSR count). The third-order valence-corrected chi connectivity index (χ3v) is 3.37. The Morgan fingerprint density at radius 3 is 2.90 bits per heavy atom. The van der Waals surface area contributed by atoms with Crippen molar-refractivity contribution in [3.05, 3.63) is 23.2 Å². The molecule has 0 aromatic heterocycles. The summed E-state index contributed by atoms with van der Waals surface area (Å²) in [4.78, 5) is 23.6. The Balaban J connectivity index is 1.90. The zero-order chi connectivity index (χ0) is 15.2. The molecule has 1 fully saturated rings. The van der Waals surface area contributed by atoms with Crippen molar-refractivity contribution in [2.24, 2.45) is 0 Å². The van der Waals surface area contributed by atoms with Crippen LogP contribution in [0.2, 0.25) is 5.02 Å². The SMILES string of the molecule is COc1ccc(Cl)cc1NC(=O)C(=O)NC[C@H]1CCCO1. The molecule has 2 amide bonds. The monoisotopic (exact) mass is 312 g/mol. The number of nitrogens with one attached hydrogen (secondary N) is 2. The molecule has 1 heterocycles. The van der Waals surface area contributed by atoms with Crippen LogP contribution < -0.4 is 15.4 Å². The van der Waals surface area contributed by atoms with Gasteiger partial charge in [-0.3, -0.25) is 9.59 Å². The van der Waals surface area contributed by atoms with E-state index in [0.717, 1.165) is 12.8 Å². The van der Waals surface area contributed by atoms with Gasteiger partial charge in [0.2, 0.25) is 0 Å². The lowest BCUT2D eigenvalue weighted by molar-refractivity contribution is -0.136. The molecule has 0 unspecified atom stereocenters. The molecule has 1 aliphatic rings. The summed E-state index contributed by atoms with van der Waals surface area (Å²) >= 11 is 5.86. The molecule has 6 nitrogen and oxygen atoms in total. The van der Waals surface area contributed by atoms with Crippen LogP contribution in [0.25, 0.3) is 0 Å². The highest BCUT2D eigenvalue weighted by Gasteiger charge is 2.20. The first-order chi connectivity index (χ1) is 10.1. The summed E-state index contributed by atoms with van der Waals surface area (Å²) in [6.45, 7) is 1.03. The zero-order valence-corrected chi connectivity index (χ0v) is 12.4. The molecule has 114 valence electrons. The van der Waals surface area contributed by atoms with Gasteiger partial charge in [-0.05, 0) is 31.0 Å². The molecule has 1 aliphatic heterocycles. The van der Waals surface area contributed by atoms with Crippen molar-refractivity contribution in [3.8, 4) is 5.75 Å². The molecular weight excluding hydrogens is 296 g/mol. The average molecular weight is 313 g/mol. The second-order valence-electron chi connectivity index (χ2n) is 4.64. The van der Waals surface area contributed by atoms with Gasteiger partial charge in [-0.2, -0.15) is 0 Å². The fourth-order valence-electron chi connectivity index (χ4n) is 2.05. The molecule has 2 N–H and O–H groups in total. The molecule has 1 aromatic carbocycles. The lowest BCUT2D eigenvalue weighted by atomic mass is 10.2. The van der Waals surface area contributed by atoms with Crippen molar-refractivity contribution in [3.63, 3.8) is 0 Å². The van der Waals surface area contributed by atoms with Gasteiger partial charge in [0.15, 0.2) is 0 Å². The average Bonchev–Trinajstić information content (AvgIpc) is 2.98. The van der Waals surface area contributed by atoms with Crippen molar-refractivity contribution < 1.29 is 19.1 Å². The van der Waals surface area contributed by atoms with Crippen molar-refractivity contribution in [2.75, 3.05) is 25.6 Å². The van der Waals surface area contributed by atoms with E-state index < -0.39 is 11.8 Å². The maximum atomic E-state index is 11.8. The van der Waals surface area contributed by atoms with Crippen LogP contribution in [0.4, 0.5) is 5.69 Å².